The second kappa shape index (κ2) is 6.10. The molecule has 2 heterocycles. The predicted molar refractivity (Wildman–Crippen MR) is 78.1 cm³/mol. The topological polar surface area (TPSA) is 113 Å². The zero-order valence-electron chi connectivity index (χ0n) is 11.4. The fourth-order valence-corrected chi connectivity index (χ4v) is 2.39. The molecule has 3 N–H and O–H groups in total. The fraction of sp³-hybridized carbons (Fsp3) is 0.333. The van der Waals surface area contributed by atoms with Gasteiger partial charge in [-0.3, -0.25) is 4.40 Å². The number of hydrogen-bond donors (Lipinski definition) is 3. The summed E-state index contributed by atoms with van der Waals surface area (Å²) in [5.41, 5.74) is 0.591. The molecule has 2 aromatic heterocycles. The van der Waals surface area contributed by atoms with E-state index in [0.717, 1.165) is 6.26 Å². The van der Waals surface area contributed by atoms with Crippen LogP contribution in [-0.2, 0) is 10.0 Å². The third kappa shape index (κ3) is 3.92. The summed E-state index contributed by atoms with van der Waals surface area (Å²) in [5.74, 6) is -0.807. The van der Waals surface area contributed by atoms with E-state index in [2.05, 4.69) is 15.0 Å². The van der Waals surface area contributed by atoms with Crippen molar-refractivity contribution in [1.82, 2.24) is 14.1 Å². The van der Waals surface area contributed by atoms with Gasteiger partial charge in [0.15, 0.2) is 11.5 Å². The Labute approximate surface area is 121 Å². The van der Waals surface area contributed by atoms with E-state index in [1.54, 1.807) is 24.4 Å². The molecule has 0 spiro atoms. The Balaban J connectivity index is 2.05. The molecule has 0 bridgehead atoms. The van der Waals surface area contributed by atoms with Crippen LogP contribution >= 0.6 is 0 Å². The first kappa shape index (κ1) is 15.3. The van der Waals surface area contributed by atoms with Gasteiger partial charge in [0.25, 0.3) is 0 Å². The Morgan fingerprint density at radius 1 is 1.38 bits per heavy atom. The summed E-state index contributed by atoms with van der Waals surface area (Å²) in [6, 6.07) is 5.21. The Bertz CT molecular complexity index is 754. The quantitative estimate of drug-likeness (QED) is 0.637. The molecule has 0 aliphatic carbocycles. The van der Waals surface area contributed by atoms with Crippen molar-refractivity contribution < 1.29 is 18.3 Å². The van der Waals surface area contributed by atoms with Gasteiger partial charge in [-0.1, -0.05) is 6.07 Å². The van der Waals surface area contributed by atoms with Gasteiger partial charge in [0.1, 0.15) is 5.65 Å². The monoisotopic (exact) mass is 312 g/mol. The number of aromatic nitrogens is 2. The van der Waals surface area contributed by atoms with Gasteiger partial charge in [-0.15, -0.1) is 0 Å². The van der Waals surface area contributed by atoms with Crippen LogP contribution in [0.25, 0.3) is 5.65 Å². The van der Waals surface area contributed by atoms with Crippen LogP contribution in [0.15, 0.2) is 24.4 Å². The Kier molecular flexibility index (Phi) is 4.43. The molecule has 0 saturated carbocycles. The van der Waals surface area contributed by atoms with Gasteiger partial charge in [-0.2, -0.15) is 0 Å². The van der Waals surface area contributed by atoms with Crippen LogP contribution < -0.4 is 10.0 Å². The molecular weight excluding hydrogens is 296 g/mol. The van der Waals surface area contributed by atoms with E-state index in [0.29, 0.717) is 18.6 Å². The molecule has 0 atom stereocenters. The van der Waals surface area contributed by atoms with Crippen LogP contribution in [0.5, 0.6) is 0 Å². The summed E-state index contributed by atoms with van der Waals surface area (Å²) < 4.78 is 25.6. The van der Waals surface area contributed by atoms with E-state index >= 15 is 0 Å². The summed E-state index contributed by atoms with van der Waals surface area (Å²) in [5, 5.41) is 12.2. The zero-order chi connectivity index (χ0) is 15.5. The molecule has 0 unspecified atom stereocenters. The molecule has 0 saturated heterocycles. The van der Waals surface area contributed by atoms with Crippen molar-refractivity contribution in [2.45, 2.75) is 6.42 Å². The number of carboxylic acids is 1. The van der Waals surface area contributed by atoms with Gasteiger partial charge in [-0.25, -0.2) is 22.9 Å². The van der Waals surface area contributed by atoms with Gasteiger partial charge in [0.2, 0.25) is 10.0 Å². The van der Waals surface area contributed by atoms with Crippen LogP contribution in [0.2, 0.25) is 0 Å². The van der Waals surface area contributed by atoms with Gasteiger partial charge >= 0.3 is 5.97 Å². The first-order valence-corrected chi connectivity index (χ1v) is 8.16. The molecular formula is C12H16N4O4S. The van der Waals surface area contributed by atoms with E-state index in [-0.39, 0.29) is 18.1 Å². The van der Waals surface area contributed by atoms with Crippen LogP contribution in [-0.4, -0.2) is 48.2 Å². The van der Waals surface area contributed by atoms with Crippen molar-refractivity contribution in [2.75, 3.05) is 24.7 Å². The molecule has 0 aliphatic heterocycles. The molecule has 0 fully saturated rings. The number of pyridine rings is 1. The average Bonchev–Trinajstić information content (AvgIpc) is 2.75. The minimum Gasteiger partial charge on any atom is -0.476 e. The van der Waals surface area contributed by atoms with E-state index in [9.17, 15) is 18.3 Å². The highest BCUT2D eigenvalue weighted by molar-refractivity contribution is 7.88. The lowest BCUT2D eigenvalue weighted by atomic mass is 10.4. The summed E-state index contributed by atoms with van der Waals surface area (Å²) in [4.78, 5) is 15.5. The molecule has 9 heteroatoms. The molecule has 0 radical (unpaired) electrons. The summed E-state index contributed by atoms with van der Waals surface area (Å²) in [6.07, 6.45) is 3.23. The van der Waals surface area contributed by atoms with Crippen molar-refractivity contribution in [3.05, 3.63) is 30.1 Å². The van der Waals surface area contributed by atoms with Crippen LogP contribution in [0.3, 0.4) is 0 Å². The smallest absolute Gasteiger partial charge is 0.356 e. The van der Waals surface area contributed by atoms with Gasteiger partial charge in [0.05, 0.1) is 6.26 Å². The number of anilines is 1. The summed E-state index contributed by atoms with van der Waals surface area (Å²) >= 11 is 0. The minimum atomic E-state index is -3.20. The fourth-order valence-electron chi connectivity index (χ4n) is 1.88. The largest absolute Gasteiger partial charge is 0.476 e. The Morgan fingerprint density at radius 3 is 2.81 bits per heavy atom. The van der Waals surface area contributed by atoms with Crippen molar-refractivity contribution in [3.63, 3.8) is 0 Å². The number of imidazole rings is 1. The molecule has 8 nitrogen and oxygen atoms in total. The summed E-state index contributed by atoms with van der Waals surface area (Å²) in [7, 11) is -3.20. The number of hydrogen-bond acceptors (Lipinski definition) is 5. The third-order valence-electron chi connectivity index (χ3n) is 2.74. The molecule has 2 aromatic rings. The summed E-state index contributed by atoms with van der Waals surface area (Å²) in [6.45, 7) is 0.689. The highest BCUT2D eigenvalue weighted by atomic mass is 32.2. The lowest BCUT2D eigenvalue weighted by Gasteiger charge is -2.05. The predicted octanol–water partition coefficient (Wildman–Crippen LogP) is 0.384. The standard InChI is InChI=1S/C12H16N4O4S/c1-21(19,20)14-7-4-6-13-11-10(12(17)18)16-8-3-2-5-9(16)15-11/h2-3,5,8,13-14H,4,6-7H2,1H3,(H,17,18). The Hall–Kier alpha value is -2.13. The number of nitrogens with one attached hydrogen (secondary N) is 2. The molecule has 2 rings (SSSR count). The normalized spacial score (nSPS) is 11.7. The lowest BCUT2D eigenvalue weighted by molar-refractivity contribution is 0.0690. The number of nitrogens with zero attached hydrogens (tertiary/aromatic N) is 2. The molecule has 0 amide bonds. The number of rotatable bonds is 7. The second-order valence-corrected chi connectivity index (χ2v) is 6.32. The highest BCUT2D eigenvalue weighted by Gasteiger charge is 2.17. The first-order chi connectivity index (χ1) is 9.88. The molecule has 0 aliphatic rings. The zero-order valence-corrected chi connectivity index (χ0v) is 12.2. The molecule has 21 heavy (non-hydrogen) atoms. The number of sulfonamides is 1. The maximum absolute atomic E-state index is 11.3. The van der Waals surface area contributed by atoms with E-state index in [1.807, 2.05) is 0 Å². The molecule has 114 valence electrons. The number of fused-ring (bicyclic) bond motifs is 1. The van der Waals surface area contributed by atoms with Gasteiger partial charge in [-0.05, 0) is 18.6 Å². The van der Waals surface area contributed by atoms with Crippen LogP contribution in [0.4, 0.5) is 5.82 Å². The first-order valence-electron chi connectivity index (χ1n) is 6.27. The Morgan fingerprint density at radius 2 is 2.14 bits per heavy atom. The SMILES string of the molecule is CS(=O)(=O)NCCCNc1nc2ccccn2c1C(=O)O. The van der Waals surface area contributed by atoms with Crippen molar-refractivity contribution in [1.29, 1.82) is 0 Å². The van der Waals surface area contributed by atoms with Crippen molar-refractivity contribution >= 4 is 27.5 Å². The van der Waals surface area contributed by atoms with E-state index in [4.69, 9.17) is 0 Å². The van der Waals surface area contributed by atoms with Gasteiger partial charge < -0.3 is 10.4 Å². The van der Waals surface area contributed by atoms with Crippen LogP contribution in [0.1, 0.15) is 16.9 Å². The number of aromatic carboxylic acids is 1. The third-order valence-corrected chi connectivity index (χ3v) is 3.47. The maximum Gasteiger partial charge on any atom is 0.356 e. The average molecular weight is 312 g/mol. The second-order valence-electron chi connectivity index (χ2n) is 4.49. The minimum absolute atomic E-state index is 0.0571. The number of carboxylic acid groups (broad SMARTS) is 1. The highest BCUT2D eigenvalue weighted by Crippen LogP contribution is 2.17. The maximum atomic E-state index is 11.3. The van der Waals surface area contributed by atoms with E-state index < -0.39 is 16.0 Å². The number of carbonyl (C=O) groups is 1. The lowest BCUT2D eigenvalue weighted by Crippen LogP contribution is -2.24. The molecule has 0 aromatic carbocycles. The van der Waals surface area contributed by atoms with Crippen molar-refractivity contribution in [2.24, 2.45) is 0 Å². The van der Waals surface area contributed by atoms with Gasteiger partial charge in [0, 0.05) is 19.3 Å². The van der Waals surface area contributed by atoms with Crippen LogP contribution in [0, 0.1) is 0 Å². The van der Waals surface area contributed by atoms with E-state index in [1.165, 1.54) is 4.40 Å². The van der Waals surface area contributed by atoms with Crippen molar-refractivity contribution in [3.8, 4) is 0 Å².